The predicted octanol–water partition coefficient (Wildman–Crippen LogP) is 4.11. The minimum absolute atomic E-state index is 0. The lowest BCUT2D eigenvalue weighted by molar-refractivity contribution is 0.414. The number of allylic oxidation sites excluding steroid dienone is 1. The van der Waals surface area contributed by atoms with Crippen molar-refractivity contribution in [1.82, 2.24) is 10.2 Å². The molecule has 4 nitrogen and oxygen atoms in total. The minimum atomic E-state index is 0. The number of nitrogens with zero attached hydrogens (tertiary/aromatic N) is 2. The van der Waals surface area contributed by atoms with Crippen molar-refractivity contribution in [3.8, 4) is 5.75 Å². The molecule has 0 atom stereocenters. The summed E-state index contributed by atoms with van der Waals surface area (Å²) in [6, 6.07) is 8.24. The van der Waals surface area contributed by atoms with Crippen LogP contribution < -0.4 is 10.1 Å². The quantitative estimate of drug-likeness (QED) is 0.194. The Labute approximate surface area is 164 Å². The maximum Gasteiger partial charge on any atom is 0.193 e. The third-order valence-corrected chi connectivity index (χ3v) is 3.62. The molecule has 0 bridgehead atoms. The fraction of sp³-hybridized carbons (Fsp3) is 0.526. The zero-order valence-corrected chi connectivity index (χ0v) is 17.6. The van der Waals surface area contributed by atoms with Crippen molar-refractivity contribution < 1.29 is 4.74 Å². The first-order valence-corrected chi connectivity index (χ1v) is 8.44. The molecule has 0 saturated heterocycles. The molecule has 24 heavy (non-hydrogen) atoms. The average Bonchev–Trinajstić information content (AvgIpc) is 2.58. The SMILES string of the molecule is C=CCCCN(C)C(=NCCCc1cccc(OC)c1)NCC.I. The topological polar surface area (TPSA) is 36.9 Å². The van der Waals surface area contributed by atoms with E-state index < -0.39 is 0 Å². The van der Waals surface area contributed by atoms with Crippen LogP contribution in [0.4, 0.5) is 0 Å². The summed E-state index contributed by atoms with van der Waals surface area (Å²) < 4.78 is 5.26. The van der Waals surface area contributed by atoms with Crippen molar-refractivity contribution >= 4 is 29.9 Å². The highest BCUT2D eigenvalue weighted by Crippen LogP contribution is 2.13. The molecule has 1 rings (SSSR count). The van der Waals surface area contributed by atoms with Crippen LogP contribution >= 0.6 is 24.0 Å². The third kappa shape index (κ3) is 9.15. The van der Waals surface area contributed by atoms with E-state index in [1.165, 1.54) is 5.56 Å². The lowest BCUT2D eigenvalue weighted by atomic mass is 10.1. The van der Waals surface area contributed by atoms with Gasteiger partial charge in [-0.25, -0.2) is 0 Å². The molecule has 1 N–H and O–H groups in total. The molecule has 1 aromatic carbocycles. The average molecular weight is 445 g/mol. The summed E-state index contributed by atoms with van der Waals surface area (Å²) in [4.78, 5) is 6.92. The largest absolute Gasteiger partial charge is 0.497 e. The molecule has 1 aromatic rings. The highest BCUT2D eigenvalue weighted by atomic mass is 127. The molecule has 0 fully saturated rings. The van der Waals surface area contributed by atoms with E-state index in [9.17, 15) is 0 Å². The molecule has 0 heterocycles. The van der Waals surface area contributed by atoms with Crippen molar-refractivity contribution in [1.29, 1.82) is 0 Å². The van der Waals surface area contributed by atoms with Crippen LogP contribution in [-0.2, 0) is 6.42 Å². The Kier molecular flexibility index (Phi) is 13.4. The molecule has 0 aliphatic rings. The number of benzene rings is 1. The number of methoxy groups -OCH3 is 1. The first-order chi connectivity index (χ1) is 11.2. The zero-order valence-electron chi connectivity index (χ0n) is 15.3. The second-order valence-corrected chi connectivity index (χ2v) is 5.54. The molecule has 0 aliphatic heterocycles. The van der Waals surface area contributed by atoms with Crippen molar-refractivity contribution in [2.75, 3.05) is 33.8 Å². The molecule has 0 aliphatic carbocycles. The van der Waals surface area contributed by atoms with Gasteiger partial charge in [-0.15, -0.1) is 30.6 Å². The maximum atomic E-state index is 5.26. The fourth-order valence-corrected chi connectivity index (χ4v) is 2.34. The first kappa shape index (κ1) is 22.8. The molecule has 5 heteroatoms. The van der Waals surface area contributed by atoms with Crippen LogP contribution in [0.1, 0.15) is 31.7 Å². The molecule has 0 unspecified atom stereocenters. The van der Waals surface area contributed by atoms with E-state index in [1.807, 2.05) is 18.2 Å². The standard InChI is InChI=1S/C19H31N3O.HI/c1-5-7-8-15-22(3)19(20-6-2)21-14-10-12-17-11-9-13-18(16-17)23-4;/h5,9,11,13,16H,1,6-8,10,12,14-15H2,2-4H3,(H,20,21);1H. The number of hydrogen-bond acceptors (Lipinski definition) is 2. The number of guanidine groups is 1. The summed E-state index contributed by atoms with van der Waals surface area (Å²) in [5.74, 6) is 1.91. The summed E-state index contributed by atoms with van der Waals surface area (Å²) in [6.07, 6.45) is 6.16. The summed E-state index contributed by atoms with van der Waals surface area (Å²) in [5, 5.41) is 3.36. The second-order valence-electron chi connectivity index (χ2n) is 5.54. The van der Waals surface area contributed by atoms with E-state index in [2.05, 4.69) is 42.9 Å². The van der Waals surface area contributed by atoms with Gasteiger partial charge in [0.25, 0.3) is 0 Å². The smallest absolute Gasteiger partial charge is 0.193 e. The summed E-state index contributed by atoms with van der Waals surface area (Å²) in [6.45, 7) is 8.58. The van der Waals surface area contributed by atoms with E-state index in [0.717, 1.165) is 57.0 Å². The van der Waals surface area contributed by atoms with Crippen LogP contribution in [0.15, 0.2) is 41.9 Å². The number of aryl methyl sites for hydroxylation is 1. The van der Waals surface area contributed by atoms with Crippen molar-refractivity contribution in [2.45, 2.75) is 32.6 Å². The molecule has 0 saturated carbocycles. The van der Waals surface area contributed by atoms with Gasteiger partial charge >= 0.3 is 0 Å². The molecular formula is C19H32IN3O. The first-order valence-electron chi connectivity index (χ1n) is 8.44. The lowest BCUT2D eigenvalue weighted by Gasteiger charge is -2.21. The van der Waals surface area contributed by atoms with Crippen molar-refractivity contribution in [3.05, 3.63) is 42.5 Å². The van der Waals surface area contributed by atoms with Crippen LogP contribution in [0, 0.1) is 0 Å². The van der Waals surface area contributed by atoms with Crippen LogP contribution in [-0.4, -0.2) is 44.7 Å². The number of nitrogens with one attached hydrogen (secondary N) is 1. The van der Waals surface area contributed by atoms with E-state index in [-0.39, 0.29) is 24.0 Å². The van der Waals surface area contributed by atoms with Gasteiger partial charge in [-0.2, -0.15) is 0 Å². The van der Waals surface area contributed by atoms with Gasteiger partial charge in [-0.1, -0.05) is 18.2 Å². The Morgan fingerprint density at radius 3 is 2.83 bits per heavy atom. The number of unbranched alkanes of at least 4 members (excludes halogenated alkanes) is 1. The van der Waals surface area contributed by atoms with Gasteiger partial charge in [0.05, 0.1) is 7.11 Å². The van der Waals surface area contributed by atoms with Crippen molar-refractivity contribution in [2.24, 2.45) is 4.99 Å². The Bertz CT molecular complexity index is 491. The summed E-state index contributed by atoms with van der Waals surface area (Å²) in [5.41, 5.74) is 1.30. The van der Waals surface area contributed by atoms with E-state index in [0.29, 0.717) is 0 Å². The lowest BCUT2D eigenvalue weighted by Crippen LogP contribution is -2.39. The molecule has 0 spiro atoms. The molecule has 0 radical (unpaired) electrons. The van der Waals surface area contributed by atoms with Crippen LogP contribution in [0.3, 0.4) is 0 Å². The van der Waals surface area contributed by atoms with Crippen LogP contribution in [0.5, 0.6) is 5.75 Å². The normalized spacial score (nSPS) is 10.7. The van der Waals surface area contributed by atoms with Gasteiger partial charge in [-0.05, 0) is 50.3 Å². The Hall–Kier alpha value is -1.24. The minimum Gasteiger partial charge on any atom is -0.497 e. The number of aliphatic imine (C=N–C) groups is 1. The highest BCUT2D eigenvalue weighted by molar-refractivity contribution is 14.0. The number of rotatable bonds is 10. The second kappa shape index (κ2) is 14.1. The molecule has 136 valence electrons. The van der Waals surface area contributed by atoms with Gasteiger partial charge in [0.1, 0.15) is 5.75 Å². The predicted molar refractivity (Wildman–Crippen MR) is 115 cm³/mol. The molecular weight excluding hydrogens is 413 g/mol. The highest BCUT2D eigenvalue weighted by Gasteiger charge is 2.04. The number of halogens is 1. The monoisotopic (exact) mass is 445 g/mol. The number of ether oxygens (including phenoxy) is 1. The van der Waals surface area contributed by atoms with E-state index >= 15 is 0 Å². The van der Waals surface area contributed by atoms with Gasteiger partial charge in [0, 0.05) is 26.7 Å². The maximum absolute atomic E-state index is 5.26. The van der Waals surface area contributed by atoms with E-state index in [4.69, 9.17) is 9.73 Å². The molecule has 0 aromatic heterocycles. The third-order valence-electron chi connectivity index (χ3n) is 3.62. The van der Waals surface area contributed by atoms with Gasteiger partial charge in [-0.3, -0.25) is 4.99 Å². The fourth-order valence-electron chi connectivity index (χ4n) is 2.34. The van der Waals surface area contributed by atoms with Crippen LogP contribution in [0.25, 0.3) is 0 Å². The Balaban J connectivity index is 0.00000529. The van der Waals surface area contributed by atoms with E-state index in [1.54, 1.807) is 7.11 Å². The molecule has 0 amide bonds. The van der Waals surface area contributed by atoms with Crippen LogP contribution in [0.2, 0.25) is 0 Å². The van der Waals surface area contributed by atoms with Crippen molar-refractivity contribution in [3.63, 3.8) is 0 Å². The summed E-state index contributed by atoms with van der Waals surface area (Å²) >= 11 is 0. The summed E-state index contributed by atoms with van der Waals surface area (Å²) in [7, 11) is 3.79. The van der Waals surface area contributed by atoms with Gasteiger partial charge < -0.3 is 15.0 Å². The van der Waals surface area contributed by atoms with Gasteiger partial charge in [0.2, 0.25) is 0 Å². The van der Waals surface area contributed by atoms with Gasteiger partial charge in [0.15, 0.2) is 5.96 Å². The zero-order chi connectivity index (χ0) is 16.9. The Morgan fingerprint density at radius 1 is 1.38 bits per heavy atom. The Morgan fingerprint density at radius 2 is 2.17 bits per heavy atom. The number of hydrogen-bond donors (Lipinski definition) is 1.